The Morgan fingerprint density at radius 3 is 2.81 bits per heavy atom. The summed E-state index contributed by atoms with van der Waals surface area (Å²) in [4.78, 5) is 23.5. The number of cyclic esters (lactones) is 1. The number of nitrogens with zero attached hydrogens (tertiary/aromatic N) is 1. The summed E-state index contributed by atoms with van der Waals surface area (Å²) in [5.41, 5.74) is 0.447. The lowest BCUT2D eigenvalue weighted by Gasteiger charge is -2.13. The van der Waals surface area contributed by atoms with Gasteiger partial charge in [0.1, 0.15) is 6.61 Å². The van der Waals surface area contributed by atoms with E-state index in [9.17, 15) is 9.59 Å². The van der Waals surface area contributed by atoms with Crippen LogP contribution in [0.2, 0.25) is 5.02 Å². The lowest BCUT2D eigenvalue weighted by molar-refractivity contribution is 0.0697. The Kier molecular flexibility index (Phi) is 2.70. The zero-order valence-electron chi connectivity index (χ0n) is 8.14. The third-order valence-electron chi connectivity index (χ3n) is 2.25. The molecule has 1 fully saturated rings. The largest absolute Gasteiger partial charge is 0.478 e. The van der Waals surface area contributed by atoms with Crippen molar-refractivity contribution in [2.24, 2.45) is 0 Å². The number of benzene rings is 1. The van der Waals surface area contributed by atoms with Crippen LogP contribution in [-0.4, -0.2) is 30.3 Å². The van der Waals surface area contributed by atoms with E-state index >= 15 is 0 Å². The Morgan fingerprint density at radius 2 is 2.25 bits per heavy atom. The second kappa shape index (κ2) is 4.02. The molecule has 1 heterocycles. The molecule has 5 nitrogen and oxygen atoms in total. The maximum atomic E-state index is 11.3. The molecule has 1 N–H and O–H groups in total. The van der Waals surface area contributed by atoms with E-state index in [0.717, 1.165) is 0 Å². The third-order valence-corrected chi connectivity index (χ3v) is 2.58. The molecule has 84 valence electrons. The smallest absolute Gasteiger partial charge is 0.414 e. The van der Waals surface area contributed by atoms with Gasteiger partial charge in [-0.25, -0.2) is 9.59 Å². The highest BCUT2D eigenvalue weighted by molar-refractivity contribution is 6.33. The van der Waals surface area contributed by atoms with Gasteiger partial charge in [0.05, 0.1) is 17.1 Å². The fourth-order valence-corrected chi connectivity index (χ4v) is 1.67. The van der Waals surface area contributed by atoms with Crippen LogP contribution in [-0.2, 0) is 4.74 Å². The summed E-state index contributed by atoms with van der Waals surface area (Å²) in [6.07, 6.45) is -0.473. The highest BCUT2D eigenvalue weighted by Gasteiger charge is 2.24. The van der Waals surface area contributed by atoms with Gasteiger partial charge in [0.15, 0.2) is 0 Å². The summed E-state index contributed by atoms with van der Waals surface area (Å²) in [7, 11) is 0. The Hall–Kier alpha value is -1.75. The van der Waals surface area contributed by atoms with E-state index in [4.69, 9.17) is 21.4 Å². The minimum absolute atomic E-state index is 0.0288. The summed E-state index contributed by atoms with van der Waals surface area (Å²) in [5.74, 6) is -1.13. The predicted octanol–water partition coefficient (Wildman–Crippen LogP) is 1.99. The van der Waals surface area contributed by atoms with Crippen LogP contribution in [0.1, 0.15) is 10.4 Å². The van der Waals surface area contributed by atoms with Gasteiger partial charge < -0.3 is 9.84 Å². The summed E-state index contributed by atoms with van der Waals surface area (Å²) in [6, 6.07) is 4.39. The number of carboxylic acids is 1. The number of rotatable bonds is 2. The van der Waals surface area contributed by atoms with Gasteiger partial charge in [0.25, 0.3) is 0 Å². The molecule has 1 saturated heterocycles. The number of carbonyl (C=O) groups is 2. The Balaban J connectivity index is 2.39. The van der Waals surface area contributed by atoms with Crippen molar-refractivity contribution in [2.75, 3.05) is 18.1 Å². The van der Waals surface area contributed by atoms with Gasteiger partial charge in [-0.3, -0.25) is 4.90 Å². The third kappa shape index (κ3) is 1.81. The first kappa shape index (κ1) is 10.8. The average Bonchev–Trinajstić information content (AvgIpc) is 2.65. The highest BCUT2D eigenvalue weighted by atomic mass is 35.5. The molecule has 0 saturated carbocycles. The molecule has 1 aromatic rings. The minimum Gasteiger partial charge on any atom is -0.478 e. The fourth-order valence-electron chi connectivity index (χ4n) is 1.47. The van der Waals surface area contributed by atoms with Gasteiger partial charge >= 0.3 is 12.1 Å². The summed E-state index contributed by atoms with van der Waals surface area (Å²) in [6.45, 7) is 0.726. The van der Waals surface area contributed by atoms with Crippen molar-refractivity contribution < 1.29 is 19.4 Å². The number of carbonyl (C=O) groups excluding carboxylic acids is 1. The molecule has 0 radical (unpaired) electrons. The van der Waals surface area contributed by atoms with Crippen LogP contribution < -0.4 is 4.90 Å². The molecule has 1 aliphatic heterocycles. The molecular formula is C10H8ClNO4. The molecule has 0 bridgehead atoms. The van der Waals surface area contributed by atoms with E-state index in [2.05, 4.69) is 0 Å². The number of halogens is 1. The molecule has 16 heavy (non-hydrogen) atoms. The first-order valence-electron chi connectivity index (χ1n) is 4.57. The molecule has 0 spiro atoms. The monoisotopic (exact) mass is 241 g/mol. The maximum Gasteiger partial charge on any atom is 0.414 e. The first-order chi connectivity index (χ1) is 7.59. The van der Waals surface area contributed by atoms with Crippen LogP contribution in [0, 0.1) is 0 Å². The number of aromatic carboxylic acids is 1. The van der Waals surface area contributed by atoms with E-state index in [1.807, 2.05) is 0 Å². The highest BCUT2D eigenvalue weighted by Crippen LogP contribution is 2.25. The van der Waals surface area contributed by atoms with E-state index in [0.29, 0.717) is 18.8 Å². The van der Waals surface area contributed by atoms with Gasteiger partial charge in [-0.2, -0.15) is 0 Å². The Morgan fingerprint density at radius 1 is 1.50 bits per heavy atom. The number of hydrogen-bond acceptors (Lipinski definition) is 3. The summed E-state index contributed by atoms with van der Waals surface area (Å²) >= 11 is 5.72. The molecule has 0 atom stereocenters. The Labute approximate surface area is 96.2 Å². The van der Waals surface area contributed by atoms with Crippen molar-refractivity contribution in [1.82, 2.24) is 0 Å². The zero-order valence-corrected chi connectivity index (χ0v) is 8.90. The van der Waals surface area contributed by atoms with Gasteiger partial charge in [0, 0.05) is 5.69 Å². The molecule has 2 rings (SSSR count). The number of carboxylic acid groups (broad SMARTS) is 1. The van der Waals surface area contributed by atoms with Crippen molar-refractivity contribution in [1.29, 1.82) is 0 Å². The van der Waals surface area contributed by atoms with Crippen molar-refractivity contribution in [2.45, 2.75) is 0 Å². The standard InChI is InChI=1S/C10H8ClNO4/c11-8-2-1-6(5-7(8)9(13)14)12-3-4-16-10(12)15/h1-2,5H,3-4H2,(H,13,14). The van der Waals surface area contributed by atoms with E-state index in [1.165, 1.54) is 17.0 Å². The normalized spacial score (nSPS) is 15.1. The Bertz CT molecular complexity index is 460. The second-order valence-corrected chi connectivity index (χ2v) is 3.64. The fraction of sp³-hybridized carbons (Fsp3) is 0.200. The molecule has 0 aromatic heterocycles. The number of anilines is 1. The minimum atomic E-state index is -1.13. The van der Waals surface area contributed by atoms with Crippen molar-refractivity contribution >= 4 is 29.4 Å². The molecule has 1 aromatic carbocycles. The summed E-state index contributed by atoms with van der Waals surface area (Å²) in [5, 5.41) is 9.02. The lowest BCUT2D eigenvalue weighted by Crippen LogP contribution is -2.23. The van der Waals surface area contributed by atoms with E-state index in [1.54, 1.807) is 6.07 Å². The predicted molar refractivity (Wildman–Crippen MR) is 57.1 cm³/mol. The molecule has 6 heteroatoms. The van der Waals surface area contributed by atoms with Crippen LogP contribution >= 0.6 is 11.6 Å². The van der Waals surface area contributed by atoms with Gasteiger partial charge in [-0.1, -0.05) is 11.6 Å². The van der Waals surface area contributed by atoms with Gasteiger partial charge in [-0.15, -0.1) is 0 Å². The van der Waals surface area contributed by atoms with Crippen LogP contribution in [0.15, 0.2) is 18.2 Å². The lowest BCUT2D eigenvalue weighted by atomic mass is 10.2. The van der Waals surface area contributed by atoms with Crippen LogP contribution in [0.5, 0.6) is 0 Å². The van der Waals surface area contributed by atoms with Gasteiger partial charge in [-0.05, 0) is 18.2 Å². The molecule has 1 amide bonds. The SMILES string of the molecule is O=C(O)c1cc(N2CCOC2=O)ccc1Cl. The van der Waals surface area contributed by atoms with Crippen molar-refractivity contribution in [3.05, 3.63) is 28.8 Å². The van der Waals surface area contributed by atoms with Crippen LogP contribution in [0.25, 0.3) is 0 Å². The summed E-state index contributed by atoms with van der Waals surface area (Å²) < 4.78 is 4.76. The van der Waals surface area contributed by atoms with Gasteiger partial charge in [0.2, 0.25) is 0 Å². The molecular weight excluding hydrogens is 234 g/mol. The molecule has 0 aliphatic carbocycles. The number of amides is 1. The van der Waals surface area contributed by atoms with E-state index in [-0.39, 0.29) is 10.6 Å². The number of hydrogen-bond donors (Lipinski definition) is 1. The maximum absolute atomic E-state index is 11.3. The van der Waals surface area contributed by atoms with Crippen LogP contribution in [0.4, 0.5) is 10.5 Å². The average molecular weight is 242 g/mol. The van der Waals surface area contributed by atoms with E-state index < -0.39 is 12.1 Å². The van der Waals surface area contributed by atoms with Crippen LogP contribution in [0.3, 0.4) is 0 Å². The van der Waals surface area contributed by atoms with Crippen molar-refractivity contribution in [3.8, 4) is 0 Å². The van der Waals surface area contributed by atoms with Crippen molar-refractivity contribution in [3.63, 3.8) is 0 Å². The molecule has 0 unspecified atom stereocenters. The second-order valence-electron chi connectivity index (χ2n) is 3.24. The molecule has 1 aliphatic rings. The quantitative estimate of drug-likeness (QED) is 0.860. The number of ether oxygens (including phenoxy) is 1. The topological polar surface area (TPSA) is 66.8 Å². The first-order valence-corrected chi connectivity index (χ1v) is 4.94. The zero-order chi connectivity index (χ0) is 11.7.